The van der Waals surface area contributed by atoms with Gasteiger partial charge < -0.3 is 4.79 Å². The van der Waals surface area contributed by atoms with Gasteiger partial charge >= 0.3 is 0 Å². The first-order valence-corrected chi connectivity index (χ1v) is 6.12. The number of aldehydes is 1. The van der Waals surface area contributed by atoms with Crippen molar-refractivity contribution in [1.82, 2.24) is 0 Å². The zero-order chi connectivity index (χ0) is 15.1. The summed E-state index contributed by atoms with van der Waals surface area (Å²) in [7, 11) is 0. The highest BCUT2D eigenvalue weighted by molar-refractivity contribution is 5.81. The van der Waals surface area contributed by atoms with E-state index in [9.17, 15) is 19.7 Å². The summed E-state index contributed by atoms with van der Waals surface area (Å²) in [5, 5.41) is 10.9. The molecule has 0 spiro atoms. The Balaban J connectivity index is 3.30. The first-order valence-electron chi connectivity index (χ1n) is 6.12. The van der Waals surface area contributed by atoms with Gasteiger partial charge in [0.2, 0.25) is 6.54 Å². The molecule has 0 radical (unpaired) electrons. The number of terminal acetylenes is 1. The summed E-state index contributed by atoms with van der Waals surface area (Å²) in [4.78, 5) is 32.8. The van der Waals surface area contributed by atoms with Crippen molar-refractivity contribution < 1.29 is 14.5 Å². The summed E-state index contributed by atoms with van der Waals surface area (Å²) in [6.07, 6.45) is 5.95. The molecule has 1 aromatic rings. The van der Waals surface area contributed by atoms with E-state index >= 15 is 0 Å². The fourth-order valence-corrected chi connectivity index (χ4v) is 2.27. The van der Waals surface area contributed by atoms with Gasteiger partial charge in [0.15, 0.2) is 0 Å². The fourth-order valence-electron chi connectivity index (χ4n) is 2.27. The van der Waals surface area contributed by atoms with Crippen LogP contribution in [0, 0.1) is 28.4 Å². The normalized spacial score (nSPS) is 13.0. The molecule has 0 aliphatic rings. The van der Waals surface area contributed by atoms with Gasteiger partial charge in [-0.2, -0.15) is 0 Å². The zero-order valence-corrected chi connectivity index (χ0v) is 11.1. The highest BCUT2D eigenvalue weighted by atomic mass is 16.6. The molecule has 1 unspecified atom stereocenters. The molecular weight excluding hydrogens is 258 g/mol. The molecule has 0 saturated carbocycles. The lowest BCUT2D eigenvalue weighted by Crippen LogP contribution is -2.27. The van der Waals surface area contributed by atoms with E-state index in [0.29, 0.717) is 17.4 Å². The van der Waals surface area contributed by atoms with Crippen molar-refractivity contribution in [2.45, 2.75) is 19.3 Å². The highest BCUT2D eigenvalue weighted by Crippen LogP contribution is 2.30. The molecule has 1 aromatic carbocycles. The quantitative estimate of drug-likeness (QED) is 0.328. The summed E-state index contributed by atoms with van der Waals surface area (Å²) in [6, 6.07) is 6.77. The molecule has 0 aromatic heterocycles. The first-order chi connectivity index (χ1) is 9.51. The number of nitrogens with zero attached hydrogens (tertiary/aromatic N) is 1. The Morgan fingerprint density at radius 2 is 2.15 bits per heavy atom. The second kappa shape index (κ2) is 7.19. The molecule has 0 saturated heterocycles. The van der Waals surface area contributed by atoms with Gasteiger partial charge in [0.05, 0.1) is 5.92 Å². The van der Waals surface area contributed by atoms with Crippen LogP contribution in [0.25, 0.3) is 0 Å². The summed E-state index contributed by atoms with van der Waals surface area (Å²) in [5.41, 5.74) is 1.07. The zero-order valence-electron chi connectivity index (χ0n) is 11.1. The minimum Gasteiger partial charge on any atom is -0.303 e. The van der Waals surface area contributed by atoms with Crippen LogP contribution in [-0.4, -0.2) is 23.5 Å². The third-order valence-corrected chi connectivity index (χ3v) is 3.22. The number of ketones is 1. The van der Waals surface area contributed by atoms with E-state index in [1.807, 2.05) is 0 Å². The van der Waals surface area contributed by atoms with E-state index in [2.05, 4.69) is 5.92 Å². The van der Waals surface area contributed by atoms with Crippen molar-refractivity contribution in [3.05, 3.63) is 45.5 Å². The molecule has 0 amide bonds. The van der Waals surface area contributed by atoms with Crippen LogP contribution >= 0.6 is 0 Å². The van der Waals surface area contributed by atoms with Crippen LogP contribution < -0.4 is 0 Å². The van der Waals surface area contributed by atoms with Crippen molar-refractivity contribution in [2.24, 2.45) is 5.92 Å². The van der Waals surface area contributed by atoms with Crippen LogP contribution in [0.15, 0.2) is 24.3 Å². The second-order valence-corrected chi connectivity index (χ2v) is 4.47. The Morgan fingerprint density at radius 3 is 2.65 bits per heavy atom. The Bertz CT molecular complexity index is 559. The number of hydrogen-bond acceptors (Lipinski definition) is 4. The average Bonchev–Trinajstić information content (AvgIpc) is 2.42. The smallest absolute Gasteiger partial charge is 0.211 e. The number of hydrogen-bond donors (Lipinski definition) is 0. The van der Waals surface area contributed by atoms with Gasteiger partial charge in [-0.05, 0) is 18.6 Å². The number of carbonyl (C=O) groups is 2. The molecule has 5 nitrogen and oxygen atoms in total. The minimum absolute atomic E-state index is 0.0489. The fraction of sp³-hybridized carbons (Fsp3) is 0.333. The summed E-state index contributed by atoms with van der Waals surface area (Å²) in [6.45, 7) is 0.899. The van der Waals surface area contributed by atoms with Crippen LogP contribution in [0.3, 0.4) is 0 Å². The van der Waals surface area contributed by atoms with E-state index in [-0.39, 0.29) is 12.2 Å². The lowest BCUT2D eigenvalue weighted by Gasteiger charge is -2.21. The molecule has 0 bridgehead atoms. The van der Waals surface area contributed by atoms with E-state index in [1.165, 1.54) is 6.92 Å². The van der Waals surface area contributed by atoms with Crippen LogP contribution in [0.4, 0.5) is 0 Å². The number of carbonyl (C=O) groups excluding carboxylic acids is 2. The maximum absolute atomic E-state index is 11.7. The van der Waals surface area contributed by atoms with Crippen LogP contribution in [0.2, 0.25) is 0 Å². The Kier molecular flexibility index (Phi) is 5.60. The highest BCUT2D eigenvalue weighted by Gasteiger charge is 2.32. The van der Waals surface area contributed by atoms with Crippen molar-refractivity contribution in [2.75, 3.05) is 6.54 Å². The number of nitro groups is 1. The molecule has 0 aliphatic heterocycles. The molecule has 20 heavy (non-hydrogen) atoms. The van der Waals surface area contributed by atoms with E-state index in [4.69, 9.17) is 6.42 Å². The Labute approximate surface area is 117 Å². The van der Waals surface area contributed by atoms with Crippen LogP contribution in [-0.2, 0) is 9.59 Å². The average molecular weight is 273 g/mol. The summed E-state index contributed by atoms with van der Waals surface area (Å²) in [5.74, 6) is 0.785. The number of rotatable bonds is 7. The van der Waals surface area contributed by atoms with Gasteiger partial charge in [0.25, 0.3) is 0 Å². The molecule has 2 atom stereocenters. The molecule has 0 N–H and O–H groups in total. The van der Waals surface area contributed by atoms with E-state index in [0.717, 1.165) is 0 Å². The van der Waals surface area contributed by atoms with Crippen LogP contribution in [0.1, 0.15) is 30.4 Å². The van der Waals surface area contributed by atoms with Gasteiger partial charge in [-0.15, -0.1) is 6.42 Å². The Hall–Kier alpha value is -2.48. The summed E-state index contributed by atoms with van der Waals surface area (Å²) < 4.78 is 0. The monoisotopic (exact) mass is 273 g/mol. The van der Waals surface area contributed by atoms with Gasteiger partial charge in [0, 0.05) is 22.8 Å². The second-order valence-electron chi connectivity index (χ2n) is 4.47. The summed E-state index contributed by atoms with van der Waals surface area (Å²) >= 11 is 0. The first kappa shape index (κ1) is 15.6. The molecule has 104 valence electrons. The number of Topliss-reactive ketones (excluding diaryl/α,β-unsaturated/α-hetero) is 1. The molecule has 1 rings (SSSR count). The van der Waals surface area contributed by atoms with E-state index in [1.54, 1.807) is 24.3 Å². The van der Waals surface area contributed by atoms with Crippen molar-refractivity contribution >= 4 is 12.1 Å². The predicted molar refractivity (Wildman–Crippen MR) is 73.8 cm³/mol. The molecule has 5 heteroatoms. The Morgan fingerprint density at radius 1 is 1.50 bits per heavy atom. The largest absolute Gasteiger partial charge is 0.303 e. The van der Waals surface area contributed by atoms with E-state index < -0.39 is 23.3 Å². The van der Waals surface area contributed by atoms with Gasteiger partial charge in [-0.3, -0.25) is 14.9 Å². The standard InChI is InChI=1S/C15H15NO4/c1-3-12-6-4-5-7-14(12)15(10-16(19)20)13(8-9-17)11(2)18/h1,4-7,9,13,15H,8,10H2,2H3/t13?,15-/m0/s1. The maximum Gasteiger partial charge on any atom is 0.211 e. The van der Waals surface area contributed by atoms with Gasteiger partial charge in [-0.25, -0.2) is 0 Å². The molecule has 0 heterocycles. The molecular formula is C15H15NO4. The SMILES string of the molecule is C#Cc1ccccc1[C@@H](C[N+](=O)[O-])C(CC=O)C(C)=O. The lowest BCUT2D eigenvalue weighted by molar-refractivity contribution is -0.484. The van der Waals surface area contributed by atoms with Crippen LogP contribution in [0.5, 0.6) is 0 Å². The topological polar surface area (TPSA) is 77.3 Å². The molecule has 0 aliphatic carbocycles. The lowest BCUT2D eigenvalue weighted by atomic mass is 9.80. The minimum atomic E-state index is -0.729. The number of benzene rings is 1. The van der Waals surface area contributed by atoms with Gasteiger partial charge in [0.1, 0.15) is 12.1 Å². The van der Waals surface area contributed by atoms with Gasteiger partial charge in [-0.1, -0.05) is 24.1 Å². The third kappa shape index (κ3) is 3.75. The van der Waals surface area contributed by atoms with Crippen molar-refractivity contribution in [1.29, 1.82) is 0 Å². The maximum atomic E-state index is 11.7. The van der Waals surface area contributed by atoms with Crippen molar-refractivity contribution in [3.8, 4) is 12.3 Å². The molecule has 0 fully saturated rings. The predicted octanol–water partition coefficient (Wildman–Crippen LogP) is 1.82. The third-order valence-electron chi connectivity index (χ3n) is 3.22. The van der Waals surface area contributed by atoms with Crippen molar-refractivity contribution in [3.63, 3.8) is 0 Å².